The van der Waals surface area contributed by atoms with Gasteiger partial charge in [-0.25, -0.2) is 0 Å². The Morgan fingerprint density at radius 3 is 1.90 bits per heavy atom. The van der Waals surface area contributed by atoms with Crippen LogP contribution in [0.5, 0.6) is 5.75 Å². The molecule has 0 saturated carbocycles. The number of anilines is 3. The molecule has 158 valence electrons. The smallest absolute Gasteiger partial charge is 0.265 e. The van der Waals surface area contributed by atoms with E-state index in [0.29, 0.717) is 28.4 Å². The predicted octanol–water partition coefficient (Wildman–Crippen LogP) is 4.30. The van der Waals surface area contributed by atoms with Crippen LogP contribution in [-0.4, -0.2) is 23.8 Å². The van der Waals surface area contributed by atoms with Crippen LogP contribution < -0.4 is 20.7 Å². The van der Waals surface area contributed by atoms with Gasteiger partial charge in [-0.2, -0.15) is 0 Å². The summed E-state index contributed by atoms with van der Waals surface area (Å²) < 4.78 is 5.78. The summed E-state index contributed by atoms with van der Waals surface area (Å²) in [5.41, 5.74) is 2.18. The van der Waals surface area contributed by atoms with Gasteiger partial charge in [0.25, 0.3) is 11.8 Å². The number of hydrogen-bond acceptors (Lipinski definition) is 4. The summed E-state index contributed by atoms with van der Waals surface area (Å²) in [6.07, 6.45) is -0.847. The lowest BCUT2D eigenvalue weighted by Gasteiger charge is -2.17. The SMILES string of the molecule is CC(=O)Nc1ccc(NC(=O)[C@H](C)Oc2ccccc2C(=O)Nc2ccccc2)cc1. The van der Waals surface area contributed by atoms with E-state index >= 15 is 0 Å². The van der Waals surface area contributed by atoms with Crippen molar-refractivity contribution >= 4 is 34.8 Å². The average Bonchev–Trinajstić information content (AvgIpc) is 2.75. The van der Waals surface area contributed by atoms with Gasteiger partial charge in [0.2, 0.25) is 5.91 Å². The van der Waals surface area contributed by atoms with E-state index in [4.69, 9.17) is 4.74 Å². The molecule has 0 aromatic heterocycles. The summed E-state index contributed by atoms with van der Waals surface area (Å²) in [6.45, 7) is 3.03. The van der Waals surface area contributed by atoms with Crippen LogP contribution in [0, 0.1) is 0 Å². The second kappa shape index (κ2) is 10.1. The second-order valence-corrected chi connectivity index (χ2v) is 6.82. The monoisotopic (exact) mass is 417 g/mol. The Morgan fingerprint density at radius 2 is 1.26 bits per heavy atom. The van der Waals surface area contributed by atoms with Crippen molar-refractivity contribution in [3.05, 3.63) is 84.4 Å². The Hall–Kier alpha value is -4.13. The zero-order chi connectivity index (χ0) is 22.2. The first-order chi connectivity index (χ1) is 14.9. The summed E-state index contributed by atoms with van der Waals surface area (Å²) in [4.78, 5) is 36.3. The molecular formula is C24H23N3O4. The van der Waals surface area contributed by atoms with Crippen LogP contribution in [0.25, 0.3) is 0 Å². The summed E-state index contributed by atoms with van der Waals surface area (Å²) in [5, 5.41) is 8.22. The molecule has 31 heavy (non-hydrogen) atoms. The maximum atomic E-state index is 12.7. The van der Waals surface area contributed by atoms with Crippen LogP contribution in [0.3, 0.4) is 0 Å². The lowest BCUT2D eigenvalue weighted by Crippen LogP contribution is -2.30. The summed E-state index contributed by atoms with van der Waals surface area (Å²) in [5.74, 6) is -0.568. The van der Waals surface area contributed by atoms with Gasteiger partial charge in [-0.05, 0) is 55.5 Å². The molecule has 0 saturated heterocycles. The zero-order valence-electron chi connectivity index (χ0n) is 17.2. The molecule has 0 fully saturated rings. The van der Waals surface area contributed by atoms with E-state index in [2.05, 4.69) is 16.0 Å². The third-order valence-corrected chi connectivity index (χ3v) is 4.31. The lowest BCUT2D eigenvalue weighted by atomic mass is 10.1. The number of para-hydroxylation sites is 2. The highest BCUT2D eigenvalue weighted by Gasteiger charge is 2.19. The summed E-state index contributed by atoms with van der Waals surface area (Å²) >= 11 is 0. The summed E-state index contributed by atoms with van der Waals surface area (Å²) in [7, 11) is 0. The number of carbonyl (C=O) groups is 3. The minimum atomic E-state index is -0.847. The Labute approximate surface area is 180 Å². The van der Waals surface area contributed by atoms with Crippen LogP contribution in [0.1, 0.15) is 24.2 Å². The first kappa shape index (κ1) is 21.6. The Morgan fingerprint density at radius 1 is 0.710 bits per heavy atom. The molecule has 0 aliphatic heterocycles. The first-order valence-electron chi connectivity index (χ1n) is 9.73. The molecule has 0 unspecified atom stereocenters. The highest BCUT2D eigenvalue weighted by atomic mass is 16.5. The molecule has 0 heterocycles. The molecule has 0 aliphatic carbocycles. The van der Waals surface area contributed by atoms with Crippen molar-refractivity contribution in [3.8, 4) is 5.75 Å². The molecule has 0 bridgehead atoms. The van der Waals surface area contributed by atoms with Gasteiger partial charge in [0, 0.05) is 24.0 Å². The van der Waals surface area contributed by atoms with Gasteiger partial charge < -0.3 is 20.7 Å². The number of carbonyl (C=O) groups excluding carboxylic acids is 3. The zero-order valence-corrected chi connectivity index (χ0v) is 17.2. The average molecular weight is 417 g/mol. The standard InChI is InChI=1S/C24H23N3O4/c1-16(23(29)26-20-14-12-19(13-15-20)25-17(2)28)31-22-11-7-6-10-21(22)24(30)27-18-8-4-3-5-9-18/h3-16H,1-2H3,(H,25,28)(H,26,29)(H,27,30)/t16-/m0/s1. The maximum Gasteiger partial charge on any atom is 0.265 e. The van der Waals surface area contributed by atoms with E-state index in [1.165, 1.54) is 6.92 Å². The number of ether oxygens (including phenoxy) is 1. The van der Waals surface area contributed by atoms with Gasteiger partial charge in [-0.15, -0.1) is 0 Å². The van der Waals surface area contributed by atoms with E-state index in [-0.39, 0.29) is 17.7 Å². The number of rotatable bonds is 7. The minimum Gasteiger partial charge on any atom is -0.480 e. The molecule has 1 atom stereocenters. The molecule has 3 N–H and O–H groups in total. The largest absolute Gasteiger partial charge is 0.480 e. The highest BCUT2D eigenvalue weighted by Crippen LogP contribution is 2.22. The van der Waals surface area contributed by atoms with E-state index in [1.54, 1.807) is 67.6 Å². The molecule has 3 aromatic carbocycles. The Kier molecular flexibility index (Phi) is 7.01. The van der Waals surface area contributed by atoms with Crippen molar-refractivity contribution in [1.29, 1.82) is 0 Å². The molecule has 3 rings (SSSR count). The first-order valence-corrected chi connectivity index (χ1v) is 9.73. The van der Waals surface area contributed by atoms with Crippen LogP contribution in [0.2, 0.25) is 0 Å². The Balaban J connectivity index is 1.64. The van der Waals surface area contributed by atoms with Crippen LogP contribution in [0.4, 0.5) is 17.1 Å². The van der Waals surface area contributed by atoms with Crippen molar-refractivity contribution in [1.82, 2.24) is 0 Å². The molecular weight excluding hydrogens is 394 g/mol. The van der Waals surface area contributed by atoms with Gasteiger partial charge in [-0.3, -0.25) is 14.4 Å². The van der Waals surface area contributed by atoms with Crippen LogP contribution in [0.15, 0.2) is 78.9 Å². The minimum absolute atomic E-state index is 0.172. The van der Waals surface area contributed by atoms with Crippen molar-refractivity contribution in [2.45, 2.75) is 20.0 Å². The van der Waals surface area contributed by atoms with Crippen LogP contribution >= 0.6 is 0 Å². The molecule has 0 radical (unpaired) electrons. The third-order valence-electron chi connectivity index (χ3n) is 4.31. The normalized spacial score (nSPS) is 11.2. The summed E-state index contributed by atoms with van der Waals surface area (Å²) in [6, 6.07) is 22.6. The van der Waals surface area contributed by atoms with E-state index in [0.717, 1.165) is 0 Å². The van der Waals surface area contributed by atoms with Crippen molar-refractivity contribution < 1.29 is 19.1 Å². The van der Waals surface area contributed by atoms with Crippen molar-refractivity contribution in [2.75, 3.05) is 16.0 Å². The van der Waals surface area contributed by atoms with E-state index < -0.39 is 6.10 Å². The number of nitrogens with one attached hydrogen (secondary N) is 3. The third kappa shape index (κ3) is 6.17. The van der Waals surface area contributed by atoms with Gasteiger partial charge in [0.15, 0.2) is 6.10 Å². The predicted molar refractivity (Wildman–Crippen MR) is 120 cm³/mol. The number of amides is 3. The highest BCUT2D eigenvalue weighted by molar-refractivity contribution is 6.06. The number of benzene rings is 3. The molecule has 7 nitrogen and oxygen atoms in total. The fraction of sp³-hybridized carbons (Fsp3) is 0.125. The lowest BCUT2D eigenvalue weighted by molar-refractivity contribution is -0.122. The van der Waals surface area contributed by atoms with Gasteiger partial charge in [-0.1, -0.05) is 30.3 Å². The van der Waals surface area contributed by atoms with E-state index in [9.17, 15) is 14.4 Å². The second-order valence-electron chi connectivity index (χ2n) is 6.82. The van der Waals surface area contributed by atoms with Crippen molar-refractivity contribution in [2.24, 2.45) is 0 Å². The van der Waals surface area contributed by atoms with Gasteiger partial charge in [0.05, 0.1) is 5.56 Å². The van der Waals surface area contributed by atoms with Gasteiger partial charge >= 0.3 is 0 Å². The van der Waals surface area contributed by atoms with Crippen molar-refractivity contribution in [3.63, 3.8) is 0 Å². The van der Waals surface area contributed by atoms with Crippen LogP contribution in [-0.2, 0) is 9.59 Å². The topological polar surface area (TPSA) is 96.5 Å². The molecule has 3 amide bonds. The fourth-order valence-corrected chi connectivity index (χ4v) is 2.80. The number of hydrogen-bond donors (Lipinski definition) is 3. The van der Waals surface area contributed by atoms with E-state index in [1.807, 2.05) is 18.2 Å². The molecule has 0 spiro atoms. The quantitative estimate of drug-likeness (QED) is 0.534. The van der Waals surface area contributed by atoms with Gasteiger partial charge in [0.1, 0.15) is 5.75 Å². The fourth-order valence-electron chi connectivity index (χ4n) is 2.80. The molecule has 3 aromatic rings. The molecule has 7 heteroatoms. The molecule has 0 aliphatic rings. The Bertz CT molecular complexity index is 1070. The maximum absolute atomic E-state index is 12.7.